The summed E-state index contributed by atoms with van der Waals surface area (Å²) in [6.45, 7) is 0.792. The van der Waals surface area contributed by atoms with Crippen molar-refractivity contribution in [2.45, 2.75) is 25.4 Å². The zero-order valence-corrected chi connectivity index (χ0v) is 12.7. The summed E-state index contributed by atoms with van der Waals surface area (Å²) in [5.41, 5.74) is 2.09. The Hall–Kier alpha value is -1.40. The number of imidazole rings is 1. The van der Waals surface area contributed by atoms with Crippen molar-refractivity contribution in [2.24, 2.45) is 0 Å². The van der Waals surface area contributed by atoms with Gasteiger partial charge in [-0.15, -0.1) is 0 Å². The van der Waals surface area contributed by atoms with Crippen LogP contribution >= 0.6 is 0 Å². The number of para-hydroxylation sites is 2. The number of likely N-dealkylation sites (N-methyl/N-ethyl adjacent to an activating group) is 1. The molecule has 5 nitrogen and oxygen atoms in total. The molecule has 1 aromatic heterocycles. The Labute approximate surface area is 119 Å². The van der Waals surface area contributed by atoms with E-state index in [4.69, 9.17) is 0 Å². The molecule has 6 heteroatoms. The van der Waals surface area contributed by atoms with Crippen molar-refractivity contribution in [3.05, 3.63) is 30.6 Å². The number of sulfone groups is 1. The molecule has 2 rings (SSSR count). The van der Waals surface area contributed by atoms with Crippen LogP contribution in [0.15, 0.2) is 30.6 Å². The van der Waals surface area contributed by atoms with Crippen molar-refractivity contribution in [1.29, 1.82) is 0 Å². The molecule has 20 heavy (non-hydrogen) atoms. The number of aromatic nitrogens is 2. The van der Waals surface area contributed by atoms with E-state index in [-0.39, 0.29) is 11.8 Å². The van der Waals surface area contributed by atoms with E-state index in [0.29, 0.717) is 6.42 Å². The van der Waals surface area contributed by atoms with Crippen LogP contribution in [0.25, 0.3) is 11.0 Å². The highest BCUT2D eigenvalue weighted by Gasteiger charge is 2.11. The Morgan fingerprint density at radius 1 is 1.35 bits per heavy atom. The summed E-state index contributed by atoms with van der Waals surface area (Å²) < 4.78 is 24.4. The highest BCUT2D eigenvalue weighted by molar-refractivity contribution is 7.90. The number of hydrogen-bond acceptors (Lipinski definition) is 4. The van der Waals surface area contributed by atoms with Crippen molar-refractivity contribution in [2.75, 3.05) is 19.1 Å². The van der Waals surface area contributed by atoms with Crippen LogP contribution in [-0.2, 0) is 16.4 Å². The lowest BCUT2D eigenvalue weighted by molar-refractivity contribution is 0.454. The molecular weight excluding hydrogens is 274 g/mol. The van der Waals surface area contributed by atoms with Crippen LogP contribution in [-0.4, -0.2) is 43.1 Å². The molecule has 0 saturated carbocycles. The van der Waals surface area contributed by atoms with Gasteiger partial charge in [-0.1, -0.05) is 12.1 Å². The molecule has 1 N–H and O–H groups in total. The van der Waals surface area contributed by atoms with Gasteiger partial charge in [0.25, 0.3) is 0 Å². The first kappa shape index (κ1) is 15.0. The SMILES string of the molecule is CNC(CCCS(C)(=O)=O)Cn1cnc2ccccc21. The van der Waals surface area contributed by atoms with Crippen LogP contribution in [0.3, 0.4) is 0 Å². The molecule has 0 spiro atoms. The third kappa shape index (κ3) is 4.05. The summed E-state index contributed by atoms with van der Waals surface area (Å²) in [6.07, 6.45) is 4.63. The monoisotopic (exact) mass is 295 g/mol. The van der Waals surface area contributed by atoms with Gasteiger partial charge in [0.1, 0.15) is 9.84 Å². The topological polar surface area (TPSA) is 64.0 Å². The van der Waals surface area contributed by atoms with Crippen molar-refractivity contribution < 1.29 is 8.42 Å². The number of nitrogens with zero attached hydrogens (tertiary/aromatic N) is 2. The van der Waals surface area contributed by atoms with Crippen molar-refractivity contribution in [3.8, 4) is 0 Å². The highest BCUT2D eigenvalue weighted by atomic mass is 32.2. The van der Waals surface area contributed by atoms with Crippen molar-refractivity contribution in [1.82, 2.24) is 14.9 Å². The lowest BCUT2D eigenvalue weighted by Crippen LogP contribution is -2.30. The van der Waals surface area contributed by atoms with Crippen LogP contribution < -0.4 is 5.32 Å². The maximum Gasteiger partial charge on any atom is 0.147 e. The third-order valence-electron chi connectivity index (χ3n) is 3.42. The highest BCUT2D eigenvalue weighted by Crippen LogP contribution is 2.13. The van der Waals surface area contributed by atoms with E-state index in [2.05, 4.69) is 14.9 Å². The number of nitrogens with one attached hydrogen (secondary N) is 1. The van der Waals surface area contributed by atoms with E-state index in [1.807, 2.05) is 37.6 Å². The fraction of sp³-hybridized carbons (Fsp3) is 0.500. The predicted octanol–water partition coefficient (Wildman–Crippen LogP) is 1.45. The number of benzene rings is 1. The molecular formula is C14H21N3O2S. The summed E-state index contributed by atoms with van der Waals surface area (Å²) in [5.74, 6) is 0.246. The van der Waals surface area contributed by atoms with Gasteiger partial charge in [-0.25, -0.2) is 13.4 Å². The van der Waals surface area contributed by atoms with Crippen LogP contribution in [0.2, 0.25) is 0 Å². The van der Waals surface area contributed by atoms with Gasteiger partial charge in [0.05, 0.1) is 17.4 Å². The number of fused-ring (bicyclic) bond motifs is 1. The first-order valence-corrected chi connectivity index (χ1v) is 8.80. The van der Waals surface area contributed by atoms with Gasteiger partial charge in [0.2, 0.25) is 0 Å². The first-order valence-electron chi connectivity index (χ1n) is 6.74. The van der Waals surface area contributed by atoms with Gasteiger partial charge in [0.15, 0.2) is 0 Å². The van der Waals surface area contributed by atoms with Gasteiger partial charge >= 0.3 is 0 Å². The molecule has 110 valence electrons. The van der Waals surface area contributed by atoms with Gasteiger partial charge in [0, 0.05) is 24.6 Å². The van der Waals surface area contributed by atoms with E-state index in [1.54, 1.807) is 0 Å². The number of hydrogen-bond donors (Lipinski definition) is 1. The molecule has 0 radical (unpaired) electrons. The van der Waals surface area contributed by atoms with Gasteiger partial charge in [-0.3, -0.25) is 0 Å². The maximum absolute atomic E-state index is 11.2. The Morgan fingerprint density at radius 2 is 2.10 bits per heavy atom. The molecule has 0 amide bonds. The molecule has 1 aromatic carbocycles. The van der Waals surface area contributed by atoms with E-state index in [0.717, 1.165) is 24.0 Å². The van der Waals surface area contributed by atoms with E-state index < -0.39 is 9.84 Å². The smallest absolute Gasteiger partial charge is 0.147 e. The Balaban J connectivity index is 1.99. The van der Waals surface area contributed by atoms with Gasteiger partial charge in [-0.05, 0) is 32.0 Å². The summed E-state index contributed by atoms with van der Waals surface area (Å²) in [4.78, 5) is 4.36. The summed E-state index contributed by atoms with van der Waals surface area (Å²) >= 11 is 0. The van der Waals surface area contributed by atoms with E-state index in [1.165, 1.54) is 6.26 Å². The Kier molecular flexibility index (Phi) is 4.77. The average molecular weight is 295 g/mol. The summed E-state index contributed by atoms with van der Waals surface area (Å²) in [6, 6.07) is 8.25. The summed E-state index contributed by atoms with van der Waals surface area (Å²) in [7, 11) is -0.965. The molecule has 2 aromatic rings. The van der Waals surface area contributed by atoms with E-state index in [9.17, 15) is 8.42 Å². The van der Waals surface area contributed by atoms with Crippen molar-refractivity contribution in [3.63, 3.8) is 0 Å². The molecule has 0 aliphatic rings. The molecule has 0 aliphatic heterocycles. The minimum absolute atomic E-state index is 0.245. The first-order chi connectivity index (χ1) is 9.49. The molecule has 1 unspecified atom stereocenters. The van der Waals surface area contributed by atoms with Crippen LogP contribution in [0.4, 0.5) is 0 Å². The van der Waals surface area contributed by atoms with Crippen LogP contribution in [0.5, 0.6) is 0 Å². The van der Waals surface area contributed by atoms with E-state index >= 15 is 0 Å². The predicted molar refractivity (Wildman–Crippen MR) is 81.5 cm³/mol. The van der Waals surface area contributed by atoms with Gasteiger partial charge in [-0.2, -0.15) is 0 Å². The number of rotatable bonds is 7. The molecule has 0 saturated heterocycles. The molecule has 0 aliphatic carbocycles. The molecule has 0 bridgehead atoms. The standard InChI is InChI=1S/C14H21N3O2S/c1-15-12(6-5-9-20(2,18)19)10-17-11-16-13-7-3-4-8-14(13)17/h3-4,7-8,11-12,15H,5-6,9-10H2,1-2H3. The van der Waals surface area contributed by atoms with Crippen molar-refractivity contribution >= 4 is 20.9 Å². The second kappa shape index (κ2) is 6.37. The fourth-order valence-electron chi connectivity index (χ4n) is 2.31. The normalized spacial score (nSPS) is 13.7. The lowest BCUT2D eigenvalue weighted by Gasteiger charge is -2.17. The molecule has 1 atom stereocenters. The second-order valence-corrected chi connectivity index (χ2v) is 7.40. The molecule has 0 fully saturated rings. The lowest BCUT2D eigenvalue weighted by atomic mass is 10.1. The largest absolute Gasteiger partial charge is 0.329 e. The van der Waals surface area contributed by atoms with Gasteiger partial charge < -0.3 is 9.88 Å². The maximum atomic E-state index is 11.2. The zero-order valence-electron chi connectivity index (χ0n) is 11.9. The fourth-order valence-corrected chi connectivity index (χ4v) is 3.00. The Bertz CT molecular complexity index is 664. The average Bonchev–Trinajstić information content (AvgIpc) is 2.79. The minimum atomic E-state index is -2.87. The Morgan fingerprint density at radius 3 is 2.80 bits per heavy atom. The minimum Gasteiger partial charge on any atom is -0.329 e. The third-order valence-corrected chi connectivity index (χ3v) is 4.45. The van der Waals surface area contributed by atoms with Crippen LogP contribution in [0, 0.1) is 0 Å². The molecule has 1 heterocycles. The van der Waals surface area contributed by atoms with Crippen LogP contribution in [0.1, 0.15) is 12.8 Å². The summed E-state index contributed by atoms with van der Waals surface area (Å²) in [5, 5.41) is 3.25. The second-order valence-electron chi connectivity index (χ2n) is 5.14. The zero-order chi connectivity index (χ0) is 14.6. The quantitative estimate of drug-likeness (QED) is 0.839.